The molecule has 140 valence electrons. The number of halogens is 3. The van der Waals surface area contributed by atoms with E-state index in [1.54, 1.807) is 23.9 Å². The largest absolute Gasteiger partial charge is 0.451 e. The van der Waals surface area contributed by atoms with Gasteiger partial charge in [-0.15, -0.1) is 0 Å². The first-order valence-corrected chi connectivity index (χ1v) is 7.78. The fourth-order valence-electron chi connectivity index (χ4n) is 2.59. The first-order valence-electron chi connectivity index (χ1n) is 7.78. The van der Waals surface area contributed by atoms with E-state index < -0.39 is 12.0 Å². The Morgan fingerprint density at radius 3 is 2.67 bits per heavy atom. The van der Waals surface area contributed by atoms with Gasteiger partial charge in [0.1, 0.15) is 11.4 Å². The summed E-state index contributed by atoms with van der Waals surface area (Å²) in [5, 5.41) is 5.57. The zero-order chi connectivity index (χ0) is 19.2. The van der Waals surface area contributed by atoms with Crippen LogP contribution in [0.15, 0.2) is 24.9 Å². The van der Waals surface area contributed by atoms with E-state index in [9.17, 15) is 13.2 Å². The highest BCUT2D eigenvalue weighted by Crippen LogP contribution is 2.32. The average Bonchev–Trinajstić information content (AvgIpc) is 3.36. The Morgan fingerprint density at radius 1 is 1.22 bits per heavy atom. The summed E-state index contributed by atoms with van der Waals surface area (Å²) in [4.78, 5) is 19.0. The van der Waals surface area contributed by atoms with Crippen molar-refractivity contribution < 1.29 is 17.9 Å². The van der Waals surface area contributed by atoms with Crippen LogP contribution in [0, 0.1) is 0 Å². The summed E-state index contributed by atoms with van der Waals surface area (Å²) in [6.07, 6.45) is 1.44. The molecule has 4 aromatic rings. The van der Waals surface area contributed by atoms with Crippen LogP contribution in [0.1, 0.15) is 24.4 Å². The highest BCUT2D eigenvalue weighted by atomic mass is 19.4. The number of hydrogen-bond donors (Lipinski definition) is 2. The van der Waals surface area contributed by atoms with Gasteiger partial charge >= 0.3 is 6.18 Å². The Morgan fingerprint density at radius 2 is 2.04 bits per heavy atom. The van der Waals surface area contributed by atoms with Crippen LogP contribution in [0.25, 0.3) is 28.7 Å². The normalized spacial score (nSPS) is 13.4. The molecule has 0 saturated carbocycles. The molecule has 0 aromatic carbocycles. The lowest BCUT2D eigenvalue weighted by Gasteiger charge is -2.10. The van der Waals surface area contributed by atoms with Gasteiger partial charge in [0.25, 0.3) is 0 Å². The summed E-state index contributed by atoms with van der Waals surface area (Å²) >= 11 is 0. The molecule has 0 bridgehead atoms. The second-order valence-electron chi connectivity index (χ2n) is 5.71. The van der Waals surface area contributed by atoms with E-state index in [-0.39, 0.29) is 23.4 Å². The van der Waals surface area contributed by atoms with Crippen molar-refractivity contribution in [2.45, 2.75) is 19.2 Å². The van der Waals surface area contributed by atoms with Gasteiger partial charge in [-0.2, -0.15) is 18.3 Å². The van der Waals surface area contributed by atoms with Crippen LogP contribution < -0.4 is 0 Å². The van der Waals surface area contributed by atoms with Crippen molar-refractivity contribution in [3.63, 3.8) is 0 Å². The van der Waals surface area contributed by atoms with Crippen LogP contribution in [0.4, 0.5) is 13.2 Å². The van der Waals surface area contributed by atoms with Gasteiger partial charge in [-0.25, -0.2) is 19.9 Å². The summed E-state index contributed by atoms with van der Waals surface area (Å²) in [7, 11) is 1.57. The third-order valence-corrected chi connectivity index (χ3v) is 4.04. The van der Waals surface area contributed by atoms with Crippen molar-refractivity contribution >= 4 is 5.78 Å². The topological polar surface area (TPSA) is 110 Å². The SMILES string of the molecule is COC(C)c1cnc2nc(-c3n[nH]c(C(F)(F)F)n3)c(-c3cnc[nH]3)n2c1. The molecule has 9 nitrogen and oxygen atoms in total. The summed E-state index contributed by atoms with van der Waals surface area (Å²) in [6, 6.07) is 0. The number of nitrogens with zero attached hydrogens (tertiary/aromatic N) is 6. The van der Waals surface area contributed by atoms with Crippen LogP contribution in [0.2, 0.25) is 0 Å². The predicted molar refractivity (Wildman–Crippen MR) is 86.4 cm³/mol. The highest BCUT2D eigenvalue weighted by molar-refractivity contribution is 5.76. The molecular formula is C15H13F3N8O. The number of nitrogens with one attached hydrogen (secondary N) is 2. The van der Waals surface area contributed by atoms with Gasteiger partial charge in [-0.05, 0) is 6.92 Å². The second-order valence-corrected chi connectivity index (χ2v) is 5.71. The number of H-pyrrole nitrogens is 2. The van der Waals surface area contributed by atoms with Gasteiger partial charge in [0.2, 0.25) is 17.4 Å². The van der Waals surface area contributed by atoms with Gasteiger partial charge in [0.15, 0.2) is 0 Å². The predicted octanol–water partition coefficient (Wildman–Crippen LogP) is 2.63. The first-order chi connectivity index (χ1) is 12.9. The first kappa shape index (κ1) is 17.1. The molecule has 0 aliphatic rings. The van der Waals surface area contributed by atoms with Crippen molar-refractivity contribution in [3.05, 3.63) is 36.3 Å². The smallest absolute Gasteiger partial charge is 0.377 e. The van der Waals surface area contributed by atoms with E-state index in [1.165, 1.54) is 12.5 Å². The van der Waals surface area contributed by atoms with Crippen molar-refractivity contribution in [1.82, 2.24) is 39.5 Å². The number of ether oxygens (including phenoxy) is 1. The third kappa shape index (κ3) is 2.93. The van der Waals surface area contributed by atoms with Gasteiger partial charge in [-0.1, -0.05) is 0 Å². The zero-order valence-electron chi connectivity index (χ0n) is 14.1. The Balaban J connectivity index is 1.95. The molecular weight excluding hydrogens is 365 g/mol. The Labute approximate surface area is 149 Å². The molecule has 0 aliphatic heterocycles. The van der Waals surface area contributed by atoms with Gasteiger partial charge in [0, 0.05) is 25.1 Å². The maximum atomic E-state index is 12.9. The summed E-state index contributed by atoms with van der Waals surface area (Å²) < 4.78 is 45.6. The van der Waals surface area contributed by atoms with Crippen molar-refractivity contribution in [2.24, 2.45) is 0 Å². The lowest BCUT2D eigenvalue weighted by atomic mass is 10.2. The molecule has 0 radical (unpaired) electrons. The van der Waals surface area contributed by atoms with E-state index in [2.05, 4.69) is 30.0 Å². The number of imidazole rings is 2. The molecule has 12 heteroatoms. The van der Waals surface area contributed by atoms with Crippen LogP contribution >= 0.6 is 0 Å². The molecule has 27 heavy (non-hydrogen) atoms. The van der Waals surface area contributed by atoms with Crippen molar-refractivity contribution in [1.29, 1.82) is 0 Å². The second kappa shape index (κ2) is 6.16. The minimum Gasteiger partial charge on any atom is -0.377 e. The molecule has 4 aromatic heterocycles. The molecule has 1 atom stereocenters. The maximum absolute atomic E-state index is 12.9. The standard InChI is InChI=1S/C15H13F3N8O/c1-7(27-2)8-3-20-14-22-10(12-23-13(25-24-12)15(16,17)18)11(26(14)5-8)9-4-19-6-21-9/h3-7H,1-2H3,(H,19,21)(H,23,24,25). The maximum Gasteiger partial charge on any atom is 0.451 e. The number of aromatic nitrogens is 8. The van der Waals surface area contributed by atoms with Crippen molar-refractivity contribution in [3.8, 4) is 22.9 Å². The number of methoxy groups -OCH3 is 1. The number of aromatic amines is 2. The van der Waals surface area contributed by atoms with Crippen LogP contribution in [0.5, 0.6) is 0 Å². The fourth-order valence-corrected chi connectivity index (χ4v) is 2.59. The van der Waals surface area contributed by atoms with Gasteiger partial charge in [0.05, 0.1) is 24.3 Å². The lowest BCUT2D eigenvalue weighted by molar-refractivity contribution is -0.144. The van der Waals surface area contributed by atoms with E-state index in [0.29, 0.717) is 11.4 Å². The summed E-state index contributed by atoms with van der Waals surface area (Å²) in [5.74, 6) is -1.12. The van der Waals surface area contributed by atoms with E-state index in [4.69, 9.17) is 4.74 Å². The minimum absolute atomic E-state index is 0.140. The molecule has 4 heterocycles. The highest BCUT2D eigenvalue weighted by Gasteiger charge is 2.36. The number of fused-ring (bicyclic) bond motifs is 1. The van der Waals surface area contributed by atoms with Crippen LogP contribution in [-0.4, -0.2) is 46.6 Å². The van der Waals surface area contributed by atoms with E-state index >= 15 is 0 Å². The molecule has 0 amide bonds. The summed E-state index contributed by atoms with van der Waals surface area (Å²) in [6.45, 7) is 1.85. The summed E-state index contributed by atoms with van der Waals surface area (Å²) in [5.41, 5.74) is 1.87. The lowest BCUT2D eigenvalue weighted by Crippen LogP contribution is -2.07. The molecule has 2 N–H and O–H groups in total. The monoisotopic (exact) mass is 378 g/mol. The molecule has 1 unspecified atom stereocenters. The van der Waals surface area contributed by atoms with Gasteiger partial charge in [-0.3, -0.25) is 9.50 Å². The van der Waals surface area contributed by atoms with E-state index in [0.717, 1.165) is 5.56 Å². The molecule has 0 fully saturated rings. The molecule has 0 saturated heterocycles. The van der Waals surface area contributed by atoms with E-state index in [1.807, 2.05) is 12.0 Å². The zero-order valence-corrected chi connectivity index (χ0v) is 14.1. The number of alkyl halides is 3. The minimum atomic E-state index is -4.64. The fraction of sp³-hybridized carbons (Fsp3) is 0.267. The molecule has 0 spiro atoms. The van der Waals surface area contributed by atoms with Gasteiger partial charge < -0.3 is 9.72 Å². The number of rotatable bonds is 4. The molecule has 0 aliphatic carbocycles. The number of hydrogen-bond acceptors (Lipinski definition) is 6. The Hall–Kier alpha value is -3.28. The third-order valence-electron chi connectivity index (χ3n) is 4.04. The average molecular weight is 378 g/mol. The Kier molecular flexibility index (Phi) is 3.91. The van der Waals surface area contributed by atoms with Crippen LogP contribution in [0.3, 0.4) is 0 Å². The Bertz CT molecular complexity index is 1080. The molecule has 4 rings (SSSR count). The quantitative estimate of drug-likeness (QED) is 0.565. The van der Waals surface area contributed by atoms with Crippen molar-refractivity contribution in [2.75, 3.05) is 7.11 Å². The van der Waals surface area contributed by atoms with Crippen LogP contribution in [-0.2, 0) is 10.9 Å².